The van der Waals surface area contributed by atoms with Crippen LogP contribution >= 0.6 is 0 Å². The van der Waals surface area contributed by atoms with Crippen LogP contribution in [0.4, 0.5) is 0 Å². The van der Waals surface area contributed by atoms with Crippen molar-refractivity contribution in [1.29, 1.82) is 0 Å². The number of carboxylic acid groups (broad SMARTS) is 1. The van der Waals surface area contributed by atoms with E-state index < -0.39 is 17.5 Å². The third-order valence-electron chi connectivity index (χ3n) is 6.30. The molecule has 0 radical (unpaired) electrons. The first kappa shape index (κ1) is 24.1. The summed E-state index contributed by atoms with van der Waals surface area (Å²) in [6.45, 7) is 2.19. The van der Waals surface area contributed by atoms with Crippen molar-refractivity contribution in [2.45, 2.75) is 31.3 Å². The molecule has 4 heteroatoms. The van der Waals surface area contributed by atoms with Crippen molar-refractivity contribution in [2.75, 3.05) is 6.61 Å². The Hall–Kier alpha value is -4.05. The molecule has 0 fully saturated rings. The highest BCUT2D eigenvalue weighted by atomic mass is 16.5. The van der Waals surface area contributed by atoms with Crippen molar-refractivity contribution in [1.82, 2.24) is 0 Å². The van der Waals surface area contributed by atoms with E-state index >= 15 is 0 Å². The topological polar surface area (TPSA) is 55.8 Å². The van der Waals surface area contributed by atoms with E-state index in [4.69, 9.17) is 9.47 Å². The third-order valence-corrected chi connectivity index (χ3v) is 6.30. The highest BCUT2D eigenvalue weighted by molar-refractivity contribution is 5.72. The van der Waals surface area contributed by atoms with Crippen LogP contribution in [0, 0.1) is 0 Å². The second kappa shape index (κ2) is 11.4. The van der Waals surface area contributed by atoms with Gasteiger partial charge in [0, 0.05) is 5.41 Å². The number of rotatable bonds is 11. The number of hydrogen-bond donors (Lipinski definition) is 1. The molecule has 0 spiro atoms. The first-order valence-electron chi connectivity index (χ1n) is 11.9. The predicted octanol–water partition coefficient (Wildman–Crippen LogP) is 6.73. The second-order valence-corrected chi connectivity index (χ2v) is 8.40. The molecule has 0 bridgehead atoms. The summed E-state index contributed by atoms with van der Waals surface area (Å²) in [6, 6.07) is 38.7. The van der Waals surface area contributed by atoms with Gasteiger partial charge < -0.3 is 14.6 Å². The Bertz CT molecular complexity index is 1110. The van der Waals surface area contributed by atoms with Gasteiger partial charge in [-0.1, -0.05) is 110 Å². The van der Waals surface area contributed by atoms with Crippen LogP contribution in [0.15, 0.2) is 115 Å². The van der Waals surface area contributed by atoms with E-state index in [1.54, 1.807) is 13.0 Å². The van der Waals surface area contributed by atoms with Crippen LogP contribution in [-0.2, 0) is 10.2 Å². The van der Waals surface area contributed by atoms with E-state index in [2.05, 4.69) is 72.8 Å². The Kier molecular flexibility index (Phi) is 7.84. The molecular formula is C31H30O4. The van der Waals surface area contributed by atoms with Crippen LogP contribution in [0.25, 0.3) is 0 Å². The van der Waals surface area contributed by atoms with Crippen LogP contribution < -0.4 is 9.47 Å². The van der Waals surface area contributed by atoms with Crippen LogP contribution in [-0.4, -0.2) is 23.8 Å². The van der Waals surface area contributed by atoms with Gasteiger partial charge in [-0.25, -0.2) is 4.79 Å². The Morgan fingerprint density at radius 2 is 1.14 bits per heavy atom. The summed E-state index contributed by atoms with van der Waals surface area (Å²) in [7, 11) is 0. The van der Waals surface area contributed by atoms with Crippen molar-refractivity contribution in [3.05, 3.63) is 132 Å². The van der Waals surface area contributed by atoms with Gasteiger partial charge in [0.25, 0.3) is 0 Å². The molecule has 35 heavy (non-hydrogen) atoms. The van der Waals surface area contributed by atoms with Crippen molar-refractivity contribution < 1.29 is 19.4 Å². The minimum Gasteiger partial charge on any atom is -0.490 e. The molecule has 0 aliphatic carbocycles. The molecule has 178 valence electrons. The SMILES string of the molecule is CCC(Oc1ccccc1OCCC(c1ccccc1)(c1ccccc1)c1ccccc1)C(=O)O. The molecule has 0 saturated heterocycles. The number of hydrogen-bond acceptors (Lipinski definition) is 3. The molecule has 0 heterocycles. The van der Waals surface area contributed by atoms with Crippen LogP contribution in [0.5, 0.6) is 11.5 Å². The molecule has 4 aromatic carbocycles. The maximum absolute atomic E-state index is 11.5. The lowest BCUT2D eigenvalue weighted by Crippen LogP contribution is -2.31. The summed E-state index contributed by atoms with van der Waals surface area (Å²) in [5, 5.41) is 9.42. The Balaban J connectivity index is 1.69. The highest BCUT2D eigenvalue weighted by Crippen LogP contribution is 2.42. The fourth-order valence-corrected chi connectivity index (χ4v) is 4.54. The quantitative estimate of drug-likeness (QED) is 0.249. The van der Waals surface area contributed by atoms with Crippen molar-refractivity contribution >= 4 is 5.97 Å². The van der Waals surface area contributed by atoms with E-state index in [-0.39, 0.29) is 0 Å². The minimum absolute atomic E-state index is 0.364. The molecule has 0 amide bonds. The lowest BCUT2D eigenvalue weighted by molar-refractivity contribution is -0.145. The summed E-state index contributed by atoms with van der Waals surface area (Å²) in [4.78, 5) is 11.5. The van der Waals surface area contributed by atoms with Gasteiger partial charge in [0.2, 0.25) is 0 Å². The highest BCUT2D eigenvalue weighted by Gasteiger charge is 2.36. The van der Waals surface area contributed by atoms with Crippen molar-refractivity contribution in [3.63, 3.8) is 0 Å². The van der Waals surface area contributed by atoms with Crippen molar-refractivity contribution in [3.8, 4) is 11.5 Å². The molecule has 4 aromatic rings. The van der Waals surface area contributed by atoms with Gasteiger partial charge in [0.1, 0.15) is 0 Å². The zero-order valence-corrected chi connectivity index (χ0v) is 19.8. The minimum atomic E-state index is -0.987. The number of aliphatic carboxylic acids is 1. The largest absolute Gasteiger partial charge is 0.490 e. The van der Waals surface area contributed by atoms with E-state index in [9.17, 15) is 9.90 Å². The number of benzene rings is 4. The Morgan fingerprint density at radius 1 is 0.714 bits per heavy atom. The molecule has 4 nitrogen and oxygen atoms in total. The number of carbonyl (C=O) groups is 1. The number of ether oxygens (including phenoxy) is 2. The normalized spacial score (nSPS) is 12.0. The van der Waals surface area contributed by atoms with Crippen LogP contribution in [0.2, 0.25) is 0 Å². The van der Waals surface area contributed by atoms with Crippen molar-refractivity contribution in [2.24, 2.45) is 0 Å². The zero-order valence-electron chi connectivity index (χ0n) is 19.8. The monoisotopic (exact) mass is 466 g/mol. The standard InChI is InChI=1S/C31H30O4/c1-2-27(30(32)33)35-29-21-13-12-20-28(29)34-23-22-31(24-14-6-3-7-15-24,25-16-8-4-9-17-25)26-18-10-5-11-19-26/h3-21,27H,2,22-23H2,1H3,(H,32,33). The Labute approximate surface area is 206 Å². The van der Waals surface area contributed by atoms with Gasteiger partial charge >= 0.3 is 5.97 Å². The average Bonchev–Trinajstić information content (AvgIpc) is 2.92. The van der Waals surface area contributed by atoms with Gasteiger partial charge in [-0.05, 0) is 41.7 Å². The van der Waals surface area contributed by atoms with E-state index in [1.165, 1.54) is 16.7 Å². The molecule has 0 aromatic heterocycles. The number of para-hydroxylation sites is 2. The fraction of sp³-hybridized carbons (Fsp3) is 0.194. The molecule has 0 aliphatic heterocycles. The van der Waals surface area contributed by atoms with Gasteiger partial charge in [-0.3, -0.25) is 0 Å². The van der Waals surface area contributed by atoms with E-state index in [0.29, 0.717) is 30.9 Å². The third kappa shape index (κ3) is 5.38. The first-order chi connectivity index (χ1) is 17.1. The zero-order chi connectivity index (χ0) is 24.5. The molecule has 1 unspecified atom stereocenters. The molecule has 1 N–H and O–H groups in total. The summed E-state index contributed by atoms with van der Waals surface area (Å²) in [5.74, 6) is -0.0136. The maximum Gasteiger partial charge on any atom is 0.344 e. The van der Waals surface area contributed by atoms with Gasteiger partial charge in [-0.2, -0.15) is 0 Å². The Morgan fingerprint density at radius 3 is 1.57 bits per heavy atom. The summed E-state index contributed by atoms with van der Waals surface area (Å²) in [6.07, 6.45) is 0.120. The predicted molar refractivity (Wildman–Crippen MR) is 138 cm³/mol. The summed E-state index contributed by atoms with van der Waals surface area (Å²) >= 11 is 0. The fourth-order valence-electron chi connectivity index (χ4n) is 4.54. The summed E-state index contributed by atoms with van der Waals surface area (Å²) < 4.78 is 12.0. The molecular weight excluding hydrogens is 436 g/mol. The molecule has 1 atom stereocenters. The van der Waals surface area contributed by atoms with Gasteiger partial charge in [0.15, 0.2) is 17.6 Å². The average molecular weight is 467 g/mol. The summed E-state index contributed by atoms with van der Waals surface area (Å²) in [5.41, 5.74) is 3.12. The lowest BCUT2D eigenvalue weighted by atomic mass is 9.67. The van der Waals surface area contributed by atoms with Gasteiger partial charge in [-0.15, -0.1) is 0 Å². The van der Waals surface area contributed by atoms with E-state index in [0.717, 1.165) is 0 Å². The molecule has 0 saturated carbocycles. The van der Waals surface area contributed by atoms with Gasteiger partial charge in [0.05, 0.1) is 6.61 Å². The number of carboxylic acids is 1. The van der Waals surface area contributed by atoms with Crippen LogP contribution in [0.1, 0.15) is 36.5 Å². The lowest BCUT2D eigenvalue weighted by Gasteiger charge is -2.36. The molecule has 4 rings (SSSR count). The molecule has 0 aliphatic rings. The second-order valence-electron chi connectivity index (χ2n) is 8.40. The van der Waals surface area contributed by atoms with E-state index in [1.807, 2.05) is 36.4 Å². The smallest absolute Gasteiger partial charge is 0.344 e. The first-order valence-corrected chi connectivity index (χ1v) is 11.9. The van der Waals surface area contributed by atoms with Crippen LogP contribution in [0.3, 0.4) is 0 Å². The maximum atomic E-state index is 11.5.